The molecule has 0 unspecified atom stereocenters. The Kier molecular flexibility index (Phi) is 3.09. The molecule has 0 atom stereocenters. The zero-order valence-electron chi connectivity index (χ0n) is 10.3. The van der Waals surface area contributed by atoms with Gasteiger partial charge in [0.05, 0.1) is 0 Å². The Hall–Kier alpha value is -0.0800. The second-order valence-electron chi connectivity index (χ2n) is 6.20. The normalized spacial score (nSPS) is 26.6. The number of aliphatic hydroxyl groups is 1. The van der Waals surface area contributed by atoms with Crippen LogP contribution in [0, 0.1) is 5.41 Å². The molecule has 0 aromatic heterocycles. The van der Waals surface area contributed by atoms with Crippen LogP contribution >= 0.6 is 0 Å². The van der Waals surface area contributed by atoms with Crippen LogP contribution in [-0.2, 0) is 0 Å². The highest BCUT2D eigenvalue weighted by molar-refractivity contribution is 5.01. The maximum atomic E-state index is 9.05. The smallest absolute Gasteiger partial charge is 0.0448 e. The summed E-state index contributed by atoms with van der Waals surface area (Å²) in [6.45, 7) is 7.40. The van der Waals surface area contributed by atoms with Crippen molar-refractivity contribution in [2.24, 2.45) is 5.41 Å². The van der Waals surface area contributed by atoms with E-state index in [1.165, 1.54) is 45.2 Å². The van der Waals surface area contributed by atoms with E-state index >= 15 is 0 Å². The van der Waals surface area contributed by atoms with Gasteiger partial charge in [-0.15, -0.1) is 0 Å². The Bertz CT molecular complexity index is 211. The van der Waals surface area contributed by atoms with Crippen LogP contribution < -0.4 is 0 Å². The minimum absolute atomic E-state index is 0.206. The van der Waals surface area contributed by atoms with Gasteiger partial charge in [-0.05, 0) is 38.5 Å². The average Bonchev–Trinajstić information content (AvgIpc) is 2.15. The van der Waals surface area contributed by atoms with Crippen LogP contribution in [0.3, 0.4) is 0 Å². The first kappa shape index (κ1) is 11.4. The topological polar surface area (TPSA) is 23.5 Å². The molecule has 0 radical (unpaired) electrons. The van der Waals surface area contributed by atoms with Crippen molar-refractivity contribution in [1.82, 2.24) is 4.90 Å². The molecule has 1 saturated carbocycles. The van der Waals surface area contributed by atoms with Gasteiger partial charge in [0.15, 0.2) is 0 Å². The largest absolute Gasteiger partial charge is 0.396 e. The van der Waals surface area contributed by atoms with Crippen LogP contribution in [0.2, 0.25) is 0 Å². The second-order valence-corrected chi connectivity index (χ2v) is 6.20. The highest BCUT2D eigenvalue weighted by Crippen LogP contribution is 2.46. The molecule has 1 heterocycles. The third-order valence-electron chi connectivity index (χ3n) is 4.55. The highest BCUT2D eigenvalue weighted by Gasteiger charge is 2.47. The van der Waals surface area contributed by atoms with Crippen molar-refractivity contribution in [1.29, 1.82) is 0 Å². The summed E-state index contributed by atoms with van der Waals surface area (Å²) in [5.41, 5.74) is 0.877. The van der Waals surface area contributed by atoms with E-state index in [0.29, 0.717) is 12.0 Å². The molecule has 1 spiro atoms. The summed E-state index contributed by atoms with van der Waals surface area (Å²) in [5.74, 6) is 0. The van der Waals surface area contributed by atoms with Gasteiger partial charge in [0.25, 0.3) is 0 Å². The molecule has 1 saturated heterocycles. The molecular formula is C13H25NO. The Balaban J connectivity index is 1.86. The van der Waals surface area contributed by atoms with Crippen molar-refractivity contribution >= 4 is 0 Å². The van der Waals surface area contributed by atoms with E-state index in [0.717, 1.165) is 6.42 Å². The number of rotatable bonds is 3. The van der Waals surface area contributed by atoms with Gasteiger partial charge in [-0.2, -0.15) is 0 Å². The molecule has 1 aliphatic heterocycles. The molecule has 0 bridgehead atoms. The van der Waals surface area contributed by atoms with E-state index in [4.69, 9.17) is 5.11 Å². The summed E-state index contributed by atoms with van der Waals surface area (Å²) < 4.78 is 0. The SMILES string of the molecule is CC(C)(CCO)N1CC2(CCCCC2)C1. The molecule has 2 rings (SSSR count). The first-order valence-electron chi connectivity index (χ1n) is 6.44. The monoisotopic (exact) mass is 211 g/mol. The number of nitrogens with zero attached hydrogens (tertiary/aromatic N) is 1. The van der Waals surface area contributed by atoms with E-state index < -0.39 is 0 Å². The maximum absolute atomic E-state index is 9.05. The number of aliphatic hydroxyl groups excluding tert-OH is 1. The fraction of sp³-hybridized carbons (Fsp3) is 1.00. The summed E-state index contributed by atoms with van der Waals surface area (Å²) in [6.07, 6.45) is 8.12. The van der Waals surface area contributed by atoms with Crippen LogP contribution in [0.25, 0.3) is 0 Å². The first-order valence-corrected chi connectivity index (χ1v) is 6.44. The van der Waals surface area contributed by atoms with Crippen molar-refractivity contribution in [2.45, 2.75) is 57.9 Å². The molecule has 1 N–H and O–H groups in total. The van der Waals surface area contributed by atoms with E-state index in [9.17, 15) is 0 Å². The molecule has 15 heavy (non-hydrogen) atoms. The van der Waals surface area contributed by atoms with Crippen molar-refractivity contribution < 1.29 is 5.11 Å². The maximum Gasteiger partial charge on any atom is 0.0448 e. The standard InChI is InChI=1S/C13H25NO/c1-12(2,8-9-15)14-10-13(11-14)6-4-3-5-7-13/h15H,3-11H2,1-2H3. The Morgan fingerprint density at radius 2 is 1.73 bits per heavy atom. The van der Waals surface area contributed by atoms with Gasteiger partial charge in [-0.3, -0.25) is 4.90 Å². The molecule has 0 amide bonds. The van der Waals surface area contributed by atoms with E-state index in [1.807, 2.05) is 0 Å². The summed E-state index contributed by atoms with van der Waals surface area (Å²) in [6, 6.07) is 0. The average molecular weight is 211 g/mol. The fourth-order valence-corrected chi connectivity index (χ4v) is 3.24. The van der Waals surface area contributed by atoms with Gasteiger partial charge >= 0.3 is 0 Å². The van der Waals surface area contributed by atoms with Gasteiger partial charge in [0.1, 0.15) is 0 Å². The molecule has 2 aliphatic rings. The van der Waals surface area contributed by atoms with Gasteiger partial charge in [-0.25, -0.2) is 0 Å². The third kappa shape index (κ3) is 2.21. The lowest BCUT2D eigenvalue weighted by atomic mass is 9.67. The van der Waals surface area contributed by atoms with Crippen LogP contribution in [0.5, 0.6) is 0 Å². The Morgan fingerprint density at radius 1 is 1.13 bits per heavy atom. The quantitative estimate of drug-likeness (QED) is 0.775. The fourth-order valence-electron chi connectivity index (χ4n) is 3.24. The van der Waals surface area contributed by atoms with E-state index in [1.54, 1.807) is 0 Å². The van der Waals surface area contributed by atoms with Gasteiger partial charge < -0.3 is 5.11 Å². The summed E-state index contributed by atoms with van der Waals surface area (Å²) in [4.78, 5) is 2.56. The van der Waals surface area contributed by atoms with Crippen LogP contribution in [0.1, 0.15) is 52.4 Å². The molecule has 2 fully saturated rings. The molecule has 0 aromatic rings. The van der Waals surface area contributed by atoms with Crippen molar-refractivity contribution in [3.05, 3.63) is 0 Å². The van der Waals surface area contributed by atoms with E-state index in [2.05, 4.69) is 18.7 Å². The van der Waals surface area contributed by atoms with Gasteiger partial charge in [-0.1, -0.05) is 19.3 Å². The van der Waals surface area contributed by atoms with Gasteiger partial charge in [0.2, 0.25) is 0 Å². The second kappa shape index (κ2) is 4.06. The lowest BCUT2D eigenvalue weighted by Gasteiger charge is -2.58. The van der Waals surface area contributed by atoms with Crippen LogP contribution in [0.15, 0.2) is 0 Å². The van der Waals surface area contributed by atoms with Crippen LogP contribution in [-0.4, -0.2) is 35.2 Å². The number of hydrogen-bond donors (Lipinski definition) is 1. The predicted molar refractivity (Wildman–Crippen MR) is 62.9 cm³/mol. The molecule has 0 aromatic carbocycles. The molecule has 88 valence electrons. The highest BCUT2D eigenvalue weighted by atomic mass is 16.3. The molecule has 2 heteroatoms. The third-order valence-corrected chi connectivity index (χ3v) is 4.55. The predicted octanol–water partition coefficient (Wildman–Crippen LogP) is 2.41. The molecular weight excluding hydrogens is 186 g/mol. The van der Waals surface area contributed by atoms with Crippen LogP contribution in [0.4, 0.5) is 0 Å². The number of likely N-dealkylation sites (tertiary alicyclic amines) is 1. The van der Waals surface area contributed by atoms with Crippen molar-refractivity contribution in [3.8, 4) is 0 Å². The minimum atomic E-state index is 0.206. The van der Waals surface area contributed by atoms with Gasteiger partial charge in [0, 0.05) is 25.2 Å². The zero-order valence-corrected chi connectivity index (χ0v) is 10.3. The summed E-state index contributed by atoms with van der Waals surface area (Å²) >= 11 is 0. The summed E-state index contributed by atoms with van der Waals surface area (Å²) in [5, 5.41) is 9.05. The van der Waals surface area contributed by atoms with E-state index in [-0.39, 0.29) is 5.54 Å². The Morgan fingerprint density at radius 3 is 2.27 bits per heavy atom. The summed E-state index contributed by atoms with van der Waals surface area (Å²) in [7, 11) is 0. The molecule has 2 nitrogen and oxygen atoms in total. The van der Waals surface area contributed by atoms with Crippen molar-refractivity contribution in [3.63, 3.8) is 0 Å². The zero-order chi connectivity index (χ0) is 10.9. The lowest BCUT2D eigenvalue weighted by molar-refractivity contribution is -0.0901. The Labute approximate surface area is 93.7 Å². The lowest BCUT2D eigenvalue weighted by Crippen LogP contribution is -2.64. The van der Waals surface area contributed by atoms with Crippen molar-refractivity contribution in [2.75, 3.05) is 19.7 Å². The number of hydrogen-bond acceptors (Lipinski definition) is 2. The minimum Gasteiger partial charge on any atom is -0.396 e. The first-order chi connectivity index (χ1) is 7.08. The molecule has 1 aliphatic carbocycles.